The van der Waals surface area contributed by atoms with E-state index in [2.05, 4.69) is 10.6 Å². The fourth-order valence-electron chi connectivity index (χ4n) is 2.39. The predicted octanol–water partition coefficient (Wildman–Crippen LogP) is 1.59. The van der Waals surface area contributed by atoms with Crippen LogP contribution in [0.25, 0.3) is 0 Å². The smallest absolute Gasteiger partial charge is 0.228 e. The van der Waals surface area contributed by atoms with Gasteiger partial charge in [0, 0.05) is 18.7 Å². The molecule has 18 heavy (non-hydrogen) atoms. The molecule has 0 aliphatic carbocycles. The first-order valence-corrected chi connectivity index (χ1v) is 6.10. The first-order valence-electron chi connectivity index (χ1n) is 6.10. The van der Waals surface area contributed by atoms with Crippen LogP contribution in [0.5, 0.6) is 5.75 Å². The van der Waals surface area contributed by atoms with Crippen molar-refractivity contribution in [3.05, 3.63) is 23.8 Å². The lowest BCUT2D eigenvalue weighted by Gasteiger charge is -2.10. The minimum atomic E-state index is 0. The van der Waals surface area contributed by atoms with Crippen LogP contribution in [-0.2, 0) is 11.2 Å². The minimum Gasteiger partial charge on any atom is -0.493 e. The largest absolute Gasteiger partial charge is 0.493 e. The highest BCUT2D eigenvalue weighted by Crippen LogP contribution is 2.28. The van der Waals surface area contributed by atoms with E-state index in [0.29, 0.717) is 0 Å². The number of nitrogens with one attached hydrogen (secondary N) is 2. The molecule has 0 saturated carbocycles. The molecule has 1 saturated heterocycles. The number of ether oxygens (including phenoxy) is 1. The average molecular weight is 269 g/mol. The number of benzene rings is 1. The molecule has 1 aromatic carbocycles. The zero-order valence-electron chi connectivity index (χ0n) is 10.1. The van der Waals surface area contributed by atoms with Crippen LogP contribution in [0.1, 0.15) is 12.0 Å². The van der Waals surface area contributed by atoms with Crippen molar-refractivity contribution in [2.75, 3.05) is 25.0 Å². The van der Waals surface area contributed by atoms with Crippen LogP contribution in [0.2, 0.25) is 0 Å². The number of rotatable bonds is 2. The maximum absolute atomic E-state index is 11.9. The van der Waals surface area contributed by atoms with Crippen LogP contribution < -0.4 is 15.4 Å². The standard InChI is InChI=1S/C13H16N2O2.ClH/c16-13(10-3-5-14-8-10)15-11-1-2-12-9(7-11)4-6-17-12;/h1-2,7,10,14H,3-6,8H2,(H,15,16);1H. The number of amides is 1. The highest BCUT2D eigenvalue weighted by molar-refractivity contribution is 5.93. The van der Waals surface area contributed by atoms with Gasteiger partial charge >= 0.3 is 0 Å². The second kappa shape index (κ2) is 5.59. The second-order valence-corrected chi connectivity index (χ2v) is 4.60. The third kappa shape index (κ3) is 2.60. The van der Waals surface area contributed by atoms with Crippen molar-refractivity contribution in [3.63, 3.8) is 0 Å². The number of carbonyl (C=O) groups is 1. The maximum Gasteiger partial charge on any atom is 0.228 e. The summed E-state index contributed by atoms with van der Waals surface area (Å²) in [6.07, 6.45) is 1.86. The van der Waals surface area contributed by atoms with Gasteiger partial charge < -0.3 is 15.4 Å². The summed E-state index contributed by atoms with van der Waals surface area (Å²) >= 11 is 0. The van der Waals surface area contributed by atoms with Gasteiger partial charge in [-0.05, 0) is 36.7 Å². The van der Waals surface area contributed by atoms with Gasteiger partial charge in [-0.1, -0.05) is 0 Å². The molecule has 98 valence electrons. The summed E-state index contributed by atoms with van der Waals surface area (Å²) in [6.45, 7) is 2.48. The maximum atomic E-state index is 11.9. The summed E-state index contributed by atoms with van der Waals surface area (Å²) < 4.78 is 5.44. The van der Waals surface area contributed by atoms with Gasteiger partial charge in [0.1, 0.15) is 5.75 Å². The van der Waals surface area contributed by atoms with E-state index in [9.17, 15) is 4.79 Å². The molecular weight excluding hydrogens is 252 g/mol. The molecule has 1 atom stereocenters. The summed E-state index contributed by atoms with van der Waals surface area (Å²) in [5.74, 6) is 1.18. The van der Waals surface area contributed by atoms with Crippen molar-refractivity contribution in [2.24, 2.45) is 5.92 Å². The lowest BCUT2D eigenvalue weighted by Crippen LogP contribution is -2.24. The van der Waals surface area contributed by atoms with Gasteiger partial charge in [0.05, 0.1) is 12.5 Å². The average Bonchev–Trinajstić information content (AvgIpc) is 2.99. The van der Waals surface area contributed by atoms with E-state index in [1.807, 2.05) is 18.2 Å². The molecule has 3 rings (SSSR count). The first kappa shape index (κ1) is 13.2. The van der Waals surface area contributed by atoms with Gasteiger partial charge in [0.2, 0.25) is 5.91 Å². The fourth-order valence-corrected chi connectivity index (χ4v) is 2.39. The van der Waals surface area contributed by atoms with Gasteiger partial charge in [-0.3, -0.25) is 4.79 Å². The van der Waals surface area contributed by atoms with E-state index in [1.165, 1.54) is 5.56 Å². The molecular formula is C13H17ClN2O2. The number of halogens is 1. The Kier molecular flexibility index (Phi) is 4.09. The number of hydrogen-bond acceptors (Lipinski definition) is 3. The Bertz CT molecular complexity index is 445. The molecule has 1 unspecified atom stereocenters. The Balaban J connectivity index is 0.00000120. The van der Waals surface area contributed by atoms with Crippen LogP contribution >= 0.6 is 12.4 Å². The monoisotopic (exact) mass is 268 g/mol. The van der Waals surface area contributed by atoms with E-state index in [1.54, 1.807) is 0 Å². The fraction of sp³-hybridized carbons (Fsp3) is 0.462. The number of carbonyl (C=O) groups excluding carboxylic acids is 1. The Morgan fingerprint density at radius 2 is 2.33 bits per heavy atom. The van der Waals surface area contributed by atoms with Crippen LogP contribution in [0.3, 0.4) is 0 Å². The number of fused-ring (bicyclic) bond motifs is 1. The van der Waals surface area contributed by atoms with Crippen molar-refractivity contribution in [2.45, 2.75) is 12.8 Å². The van der Waals surface area contributed by atoms with Crippen molar-refractivity contribution < 1.29 is 9.53 Å². The Hall–Kier alpha value is -1.26. The van der Waals surface area contributed by atoms with E-state index >= 15 is 0 Å². The van der Waals surface area contributed by atoms with Crippen molar-refractivity contribution >= 4 is 24.0 Å². The molecule has 1 fully saturated rings. The van der Waals surface area contributed by atoms with Gasteiger partial charge in [0.15, 0.2) is 0 Å². The third-order valence-corrected chi connectivity index (χ3v) is 3.39. The van der Waals surface area contributed by atoms with Gasteiger partial charge in [0.25, 0.3) is 0 Å². The molecule has 4 nitrogen and oxygen atoms in total. The molecule has 2 heterocycles. The molecule has 2 N–H and O–H groups in total. The molecule has 1 amide bonds. The third-order valence-electron chi connectivity index (χ3n) is 3.39. The molecule has 0 bridgehead atoms. The lowest BCUT2D eigenvalue weighted by atomic mass is 10.1. The number of hydrogen-bond donors (Lipinski definition) is 2. The zero-order chi connectivity index (χ0) is 11.7. The van der Waals surface area contributed by atoms with Crippen LogP contribution in [0.4, 0.5) is 5.69 Å². The highest BCUT2D eigenvalue weighted by atomic mass is 35.5. The number of anilines is 1. The molecule has 1 aromatic rings. The molecule has 0 radical (unpaired) electrons. The van der Waals surface area contributed by atoms with Crippen LogP contribution in [-0.4, -0.2) is 25.6 Å². The van der Waals surface area contributed by atoms with Gasteiger partial charge in [-0.2, -0.15) is 0 Å². The van der Waals surface area contributed by atoms with Crippen molar-refractivity contribution in [1.29, 1.82) is 0 Å². The quantitative estimate of drug-likeness (QED) is 0.857. The molecule has 2 aliphatic rings. The Labute approximate surface area is 113 Å². The summed E-state index contributed by atoms with van der Waals surface area (Å²) in [6, 6.07) is 5.86. The zero-order valence-corrected chi connectivity index (χ0v) is 10.9. The second-order valence-electron chi connectivity index (χ2n) is 4.60. The molecule has 0 aromatic heterocycles. The summed E-state index contributed by atoms with van der Waals surface area (Å²) in [4.78, 5) is 11.9. The van der Waals surface area contributed by atoms with E-state index in [0.717, 1.165) is 44.0 Å². The summed E-state index contributed by atoms with van der Waals surface area (Å²) in [5.41, 5.74) is 2.07. The Morgan fingerprint density at radius 1 is 1.44 bits per heavy atom. The normalized spacial score (nSPS) is 20.8. The summed E-state index contributed by atoms with van der Waals surface area (Å²) in [5, 5.41) is 6.18. The topological polar surface area (TPSA) is 50.4 Å². The summed E-state index contributed by atoms with van der Waals surface area (Å²) in [7, 11) is 0. The van der Waals surface area contributed by atoms with Crippen molar-refractivity contribution in [3.8, 4) is 5.75 Å². The van der Waals surface area contributed by atoms with Gasteiger partial charge in [-0.15, -0.1) is 12.4 Å². The van der Waals surface area contributed by atoms with E-state index in [4.69, 9.17) is 4.74 Å². The predicted molar refractivity (Wildman–Crippen MR) is 72.5 cm³/mol. The highest BCUT2D eigenvalue weighted by Gasteiger charge is 2.22. The van der Waals surface area contributed by atoms with E-state index in [-0.39, 0.29) is 24.2 Å². The molecule has 2 aliphatic heterocycles. The van der Waals surface area contributed by atoms with Crippen LogP contribution in [0.15, 0.2) is 18.2 Å². The van der Waals surface area contributed by atoms with E-state index < -0.39 is 0 Å². The first-order chi connectivity index (χ1) is 8.33. The lowest BCUT2D eigenvalue weighted by molar-refractivity contribution is -0.119. The van der Waals surface area contributed by atoms with Crippen molar-refractivity contribution in [1.82, 2.24) is 5.32 Å². The SMILES string of the molecule is Cl.O=C(Nc1ccc2c(c1)CCO2)C1CCNC1. The van der Waals surface area contributed by atoms with Gasteiger partial charge in [-0.25, -0.2) is 0 Å². The molecule has 5 heteroatoms. The minimum absolute atomic E-state index is 0. The Morgan fingerprint density at radius 3 is 3.11 bits per heavy atom. The molecule has 0 spiro atoms. The van der Waals surface area contributed by atoms with Crippen LogP contribution in [0, 0.1) is 5.92 Å².